The van der Waals surface area contributed by atoms with Crippen LogP contribution in [-0.4, -0.2) is 17.3 Å². The van der Waals surface area contributed by atoms with Gasteiger partial charge in [-0.15, -0.1) is 0 Å². The van der Waals surface area contributed by atoms with Crippen molar-refractivity contribution >= 4 is 17.3 Å². The molecule has 4 fully saturated rings. The van der Waals surface area contributed by atoms with Crippen molar-refractivity contribution in [2.75, 3.05) is 0 Å². The lowest BCUT2D eigenvalue weighted by molar-refractivity contribution is -0.142. The van der Waals surface area contributed by atoms with Gasteiger partial charge in [-0.1, -0.05) is 13.0 Å². The minimum Gasteiger partial charge on any atom is -0.299 e. The zero-order valence-electron chi connectivity index (χ0n) is 13.1. The quantitative estimate of drug-likeness (QED) is 0.691. The predicted molar refractivity (Wildman–Crippen MR) is 79.9 cm³/mol. The maximum Gasteiger partial charge on any atom is 0.156 e. The molecule has 0 aromatic heterocycles. The molecule has 6 atom stereocenters. The van der Waals surface area contributed by atoms with E-state index in [2.05, 4.69) is 13.0 Å². The van der Waals surface area contributed by atoms with Gasteiger partial charge in [-0.3, -0.25) is 14.4 Å². The highest BCUT2D eigenvalue weighted by Crippen LogP contribution is 2.79. The van der Waals surface area contributed by atoms with E-state index in [0.717, 1.165) is 25.7 Å². The summed E-state index contributed by atoms with van der Waals surface area (Å²) in [6, 6.07) is 0. The van der Waals surface area contributed by atoms with Gasteiger partial charge in [0, 0.05) is 35.5 Å². The van der Waals surface area contributed by atoms with Crippen molar-refractivity contribution in [1.29, 1.82) is 0 Å². The molecule has 5 aliphatic carbocycles. The summed E-state index contributed by atoms with van der Waals surface area (Å²) in [5, 5.41) is 0. The Balaban J connectivity index is 1.59. The van der Waals surface area contributed by atoms with Gasteiger partial charge in [0.1, 0.15) is 11.6 Å². The van der Waals surface area contributed by atoms with Crippen molar-refractivity contribution in [1.82, 2.24) is 0 Å². The molecule has 3 heteroatoms. The lowest BCUT2D eigenvalue weighted by Gasteiger charge is -2.51. The van der Waals surface area contributed by atoms with Crippen LogP contribution in [0.1, 0.15) is 51.9 Å². The zero-order chi connectivity index (χ0) is 15.3. The molecule has 5 rings (SSSR count). The molecule has 0 aromatic rings. The van der Waals surface area contributed by atoms with Crippen LogP contribution in [0, 0.1) is 34.0 Å². The Kier molecular flexibility index (Phi) is 2.18. The normalized spacial score (nSPS) is 55.3. The van der Waals surface area contributed by atoms with E-state index >= 15 is 0 Å². The molecule has 0 heterocycles. The van der Waals surface area contributed by atoms with Gasteiger partial charge in [0.2, 0.25) is 0 Å². The van der Waals surface area contributed by atoms with Crippen molar-refractivity contribution in [2.45, 2.75) is 51.9 Å². The second-order valence-electron chi connectivity index (χ2n) is 8.70. The summed E-state index contributed by atoms with van der Waals surface area (Å²) in [5.74, 6) is 2.13. The standard InChI is InChI=1S/C19H22O3/c1-17-6-5-14-12(13(17)2-3-15(17)21)8-16(22)19-9-11(20)4-7-18(14,19)10-19/h4,7,12-14H,2-3,5-6,8-10H2,1H3/t12-,13-,14-,17-,18-,19+/m0/s1. The van der Waals surface area contributed by atoms with E-state index in [1.54, 1.807) is 6.08 Å². The van der Waals surface area contributed by atoms with Crippen LogP contribution in [0.4, 0.5) is 0 Å². The summed E-state index contributed by atoms with van der Waals surface area (Å²) in [6.45, 7) is 2.14. The molecule has 0 radical (unpaired) electrons. The van der Waals surface area contributed by atoms with Crippen molar-refractivity contribution < 1.29 is 14.4 Å². The first kappa shape index (κ1) is 13.2. The van der Waals surface area contributed by atoms with Gasteiger partial charge in [-0.25, -0.2) is 0 Å². The topological polar surface area (TPSA) is 51.2 Å². The third-order valence-corrected chi connectivity index (χ3v) is 8.17. The summed E-state index contributed by atoms with van der Waals surface area (Å²) >= 11 is 0. The van der Waals surface area contributed by atoms with Crippen LogP contribution in [0.3, 0.4) is 0 Å². The van der Waals surface area contributed by atoms with Gasteiger partial charge in [-0.2, -0.15) is 0 Å². The minimum absolute atomic E-state index is 0.0339. The summed E-state index contributed by atoms with van der Waals surface area (Å²) in [5.41, 5.74) is -0.564. The molecule has 0 unspecified atom stereocenters. The smallest absolute Gasteiger partial charge is 0.156 e. The molecule has 116 valence electrons. The second kappa shape index (κ2) is 3.63. The summed E-state index contributed by atoms with van der Waals surface area (Å²) in [6.07, 6.45) is 9.46. The Hall–Kier alpha value is -1.25. The highest BCUT2D eigenvalue weighted by atomic mass is 16.1. The Labute approximate surface area is 130 Å². The largest absolute Gasteiger partial charge is 0.299 e. The van der Waals surface area contributed by atoms with Crippen molar-refractivity contribution in [3.8, 4) is 0 Å². The Morgan fingerprint density at radius 3 is 2.73 bits per heavy atom. The van der Waals surface area contributed by atoms with Gasteiger partial charge in [0.25, 0.3) is 0 Å². The molecule has 0 bridgehead atoms. The van der Waals surface area contributed by atoms with E-state index in [1.165, 1.54) is 0 Å². The molecule has 22 heavy (non-hydrogen) atoms. The van der Waals surface area contributed by atoms with Crippen molar-refractivity contribution in [3.05, 3.63) is 12.2 Å². The number of fused-ring (bicyclic) bond motifs is 3. The SMILES string of the molecule is C[C@]12CC[C@H]3[C@@H](CC(=O)[C@]45CC(=O)C=C[C@]34C5)[C@@H]1CCC2=O. The molecule has 3 nitrogen and oxygen atoms in total. The first-order chi connectivity index (χ1) is 10.4. The molecule has 0 saturated heterocycles. The monoisotopic (exact) mass is 298 g/mol. The zero-order valence-corrected chi connectivity index (χ0v) is 13.1. The molecule has 0 spiro atoms. The van der Waals surface area contributed by atoms with E-state index in [4.69, 9.17) is 0 Å². The molecule has 0 aromatic carbocycles. The molecular weight excluding hydrogens is 276 g/mol. The Bertz CT molecular complexity index is 662. The number of allylic oxidation sites excluding steroid dienone is 2. The van der Waals surface area contributed by atoms with Crippen LogP contribution in [0.15, 0.2) is 12.2 Å². The summed E-state index contributed by atoms with van der Waals surface area (Å²) in [7, 11) is 0. The van der Waals surface area contributed by atoms with E-state index in [0.29, 0.717) is 48.6 Å². The number of rotatable bonds is 0. The molecule has 4 saturated carbocycles. The average Bonchev–Trinajstić information content (AvgIpc) is 3.08. The first-order valence-electron chi connectivity index (χ1n) is 8.72. The lowest BCUT2D eigenvalue weighted by atomic mass is 9.51. The maximum atomic E-state index is 12.9. The second-order valence-corrected chi connectivity index (χ2v) is 8.70. The van der Waals surface area contributed by atoms with Gasteiger partial charge in [0.15, 0.2) is 5.78 Å². The fourth-order valence-electron chi connectivity index (χ4n) is 6.96. The Morgan fingerprint density at radius 2 is 1.91 bits per heavy atom. The number of hydrogen-bond donors (Lipinski definition) is 0. The van der Waals surface area contributed by atoms with Crippen molar-refractivity contribution in [3.63, 3.8) is 0 Å². The fourth-order valence-corrected chi connectivity index (χ4v) is 6.96. The maximum absolute atomic E-state index is 12.9. The van der Waals surface area contributed by atoms with Gasteiger partial charge in [0.05, 0.1) is 0 Å². The molecule has 0 amide bonds. The van der Waals surface area contributed by atoms with Crippen LogP contribution in [0.25, 0.3) is 0 Å². The number of carbonyl (C=O) groups excluding carboxylic acids is 3. The van der Waals surface area contributed by atoms with E-state index in [9.17, 15) is 14.4 Å². The highest BCUT2D eigenvalue weighted by Gasteiger charge is 2.78. The number of hydrogen-bond acceptors (Lipinski definition) is 3. The minimum atomic E-state index is -0.351. The van der Waals surface area contributed by atoms with E-state index in [-0.39, 0.29) is 22.0 Å². The van der Waals surface area contributed by atoms with Crippen LogP contribution in [-0.2, 0) is 14.4 Å². The van der Waals surface area contributed by atoms with Crippen molar-refractivity contribution in [2.24, 2.45) is 34.0 Å². The van der Waals surface area contributed by atoms with Crippen LogP contribution >= 0.6 is 0 Å². The van der Waals surface area contributed by atoms with Gasteiger partial charge < -0.3 is 0 Å². The summed E-state index contributed by atoms with van der Waals surface area (Å²) in [4.78, 5) is 37.1. The summed E-state index contributed by atoms with van der Waals surface area (Å²) < 4.78 is 0. The van der Waals surface area contributed by atoms with Crippen LogP contribution in [0.2, 0.25) is 0 Å². The average molecular weight is 298 g/mol. The Morgan fingerprint density at radius 1 is 1.09 bits per heavy atom. The van der Waals surface area contributed by atoms with Crippen LogP contribution < -0.4 is 0 Å². The first-order valence-corrected chi connectivity index (χ1v) is 8.72. The van der Waals surface area contributed by atoms with Gasteiger partial charge in [-0.05, 0) is 49.5 Å². The van der Waals surface area contributed by atoms with Gasteiger partial charge >= 0.3 is 0 Å². The molecular formula is C19H22O3. The highest BCUT2D eigenvalue weighted by molar-refractivity contribution is 6.02. The van der Waals surface area contributed by atoms with E-state index < -0.39 is 0 Å². The molecule has 0 aliphatic heterocycles. The fraction of sp³-hybridized carbons (Fsp3) is 0.737. The third-order valence-electron chi connectivity index (χ3n) is 8.17. The number of carbonyl (C=O) groups is 3. The number of Topliss-reactive ketones (excluding diaryl/α,β-unsaturated/α-hetero) is 2. The van der Waals surface area contributed by atoms with E-state index in [1.807, 2.05) is 0 Å². The number of ketones is 3. The van der Waals surface area contributed by atoms with Crippen LogP contribution in [0.5, 0.6) is 0 Å². The third kappa shape index (κ3) is 1.21. The lowest BCUT2D eigenvalue weighted by Crippen LogP contribution is -2.50. The predicted octanol–water partition coefficient (Wildman–Crippen LogP) is 2.88. The molecule has 0 N–H and O–H groups in total. The molecule has 5 aliphatic rings.